The average Bonchev–Trinajstić information content (AvgIpc) is 3.27. The van der Waals surface area contributed by atoms with Crippen LogP contribution in [0.25, 0.3) is 0 Å². The Morgan fingerprint density at radius 1 is 1.29 bits per heavy atom. The normalized spacial score (nSPS) is 21.4. The summed E-state index contributed by atoms with van der Waals surface area (Å²) in [4.78, 5) is 55.1. The number of hydrogen-bond acceptors (Lipinski definition) is 10. The molecule has 2 aliphatic rings. The highest BCUT2D eigenvalue weighted by atomic mass is 32.2. The summed E-state index contributed by atoms with van der Waals surface area (Å²) in [7, 11) is 1.35. The summed E-state index contributed by atoms with van der Waals surface area (Å²) in [5, 5.41) is 14.9. The van der Waals surface area contributed by atoms with Crippen LogP contribution in [0.1, 0.15) is 10.4 Å². The van der Waals surface area contributed by atoms with E-state index in [2.05, 4.69) is 10.3 Å². The second-order valence-electron chi connectivity index (χ2n) is 7.37. The van der Waals surface area contributed by atoms with Crippen LogP contribution in [0.2, 0.25) is 0 Å². The lowest BCUT2D eigenvalue weighted by Gasteiger charge is -2.47. The van der Waals surface area contributed by atoms with Gasteiger partial charge in [-0.25, -0.2) is 9.79 Å². The van der Waals surface area contributed by atoms with Crippen molar-refractivity contribution in [3.63, 3.8) is 0 Å². The molecule has 13 heteroatoms. The Balaban J connectivity index is 1.43. The number of fused-ring (bicyclic) bond motifs is 1. The van der Waals surface area contributed by atoms with Crippen LogP contribution in [0.4, 0.5) is 5.69 Å². The Hall–Kier alpha value is -3.45. The number of nitro groups is 1. The van der Waals surface area contributed by atoms with Gasteiger partial charge in [-0.3, -0.25) is 19.7 Å². The van der Waals surface area contributed by atoms with Gasteiger partial charge in [0.25, 0.3) is 5.69 Å². The van der Waals surface area contributed by atoms with E-state index in [0.29, 0.717) is 5.56 Å². The first-order valence-electron chi connectivity index (χ1n) is 10.1. The molecule has 2 aliphatic heterocycles. The van der Waals surface area contributed by atoms with E-state index in [9.17, 15) is 24.5 Å². The van der Waals surface area contributed by atoms with Crippen LogP contribution in [-0.2, 0) is 36.9 Å². The maximum Gasteiger partial charge on any atom is 0.339 e. The molecule has 4 rings (SSSR count). The number of nitro benzene ring substituents is 1. The third-order valence-electron chi connectivity index (χ3n) is 5.25. The van der Waals surface area contributed by atoms with Crippen LogP contribution in [0, 0.1) is 10.1 Å². The van der Waals surface area contributed by atoms with E-state index >= 15 is 0 Å². The van der Waals surface area contributed by atoms with Crippen molar-refractivity contribution in [3.05, 3.63) is 62.3 Å². The SMILES string of the molecule is COC1=NCS[C@@H]2[C@H](NC(=O)Cc3cccs3)C(=O)N2[C@H]1C(=O)OCc1ccc([N+](=O)[O-])cc1. The van der Waals surface area contributed by atoms with E-state index in [1.165, 1.54) is 59.4 Å². The monoisotopic (exact) mass is 504 g/mol. The van der Waals surface area contributed by atoms with Gasteiger partial charge in [-0.05, 0) is 29.1 Å². The summed E-state index contributed by atoms with van der Waals surface area (Å²) in [6.45, 7) is -0.148. The highest BCUT2D eigenvalue weighted by Gasteiger charge is 2.56. The molecule has 34 heavy (non-hydrogen) atoms. The molecule has 2 aromatic rings. The maximum atomic E-state index is 13.0. The molecule has 11 nitrogen and oxygen atoms in total. The smallest absolute Gasteiger partial charge is 0.339 e. The molecule has 3 atom stereocenters. The first-order valence-corrected chi connectivity index (χ1v) is 12.1. The fraction of sp³-hybridized carbons (Fsp3) is 0.333. The third kappa shape index (κ3) is 4.89. The van der Waals surface area contributed by atoms with E-state index in [-0.39, 0.29) is 36.4 Å². The highest BCUT2D eigenvalue weighted by Crippen LogP contribution is 2.35. The largest absolute Gasteiger partial charge is 0.482 e. The van der Waals surface area contributed by atoms with E-state index in [1.54, 1.807) is 0 Å². The van der Waals surface area contributed by atoms with E-state index in [4.69, 9.17) is 9.47 Å². The number of amides is 2. The molecular formula is C21H20N4O7S2. The van der Waals surface area contributed by atoms with Gasteiger partial charge in [0.15, 0.2) is 0 Å². The Kier molecular flexibility index (Phi) is 7.12. The molecule has 1 saturated heterocycles. The number of thiophene rings is 1. The highest BCUT2D eigenvalue weighted by molar-refractivity contribution is 8.00. The number of hydrogen-bond donors (Lipinski definition) is 1. The Morgan fingerprint density at radius 2 is 2.06 bits per heavy atom. The predicted molar refractivity (Wildman–Crippen MR) is 124 cm³/mol. The average molecular weight is 505 g/mol. The van der Waals surface area contributed by atoms with Gasteiger partial charge in [-0.2, -0.15) is 0 Å². The van der Waals surface area contributed by atoms with Crippen LogP contribution in [-0.4, -0.2) is 63.9 Å². The standard InChI is InChI=1S/C21H20N4O7S2/c1-31-18-17(21(28)32-10-12-4-6-13(7-5-12)25(29)30)24-19(27)16(20(24)34-11-22-18)23-15(26)9-14-3-2-8-33-14/h2-8,16-17,20H,9-11H2,1H3,(H,23,26)/t16-,17-,20-/m1/s1. The van der Waals surface area contributed by atoms with E-state index in [0.717, 1.165) is 4.88 Å². The number of non-ortho nitro benzene ring substituents is 1. The number of benzene rings is 1. The van der Waals surface area contributed by atoms with Gasteiger partial charge in [0.1, 0.15) is 18.0 Å². The minimum atomic E-state index is -1.19. The number of nitrogens with zero attached hydrogens (tertiary/aromatic N) is 3. The van der Waals surface area contributed by atoms with Crippen LogP contribution < -0.4 is 5.32 Å². The van der Waals surface area contributed by atoms with Crippen molar-refractivity contribution in [1.82, 2.24) is 10.2 Å². The van der Waals surface area contributed by atoms with Crippen LogP contribution in [0.3, 0.4) is 0 Å². The lowest BCUT2D eigenvalue weighted by molar-refractivity contribution is -0.384. The van der Waals surface area contributed by atoms with Crippen molar-refractivity contribution in [2.45, 2.75) is 30.5 Å². The summed E-state index contributed by atoms with van der Waals surface area (Å²) < 4.78 is 10.7. The number of esters is 1. The molecule has 0 unspecified atom stereocenters. The molecule has 0 saturated carbocycles. The first kappa shape index (κ1) is 23.7. The number of carbonyl (C=O) groups is 3. The summed E-state index contributed by atoms with van der Waals surface area (Å²) in [5.41, 5.74) is 0.467. The molecule has 1 fully saturated rings. The van der Waals surface area contributed by atoms with E-state index in [1.807, 2.05) is 17.5 Å². The van der Waals surface area contributed by atoms with Crippen molar-refractivity contribution >= 4 is 52.5 Å². The van der Waals surface area contributed by atoms with Crippen LogP contribution in [0.5, 0.6) is 0 Å². The summed E-state index contributed by atoms with van der Waals surface area (Å²) in [6.07, 6.45) is 0.166. The van der Waals surface area contributed by atoms with Crippen molar-refractivity contribution < 1.29 is 28.8 Å². The summed E-state index contributed by atoms with van der Waals surface area (Å²) in [6, 6.07) is 7.30. The number of thioether (sulfide) groups is 1. The molecular weight excluding hydrogens is 484 g/mol. The summed E-state index contributed by atoms with van der Waals surface area (Å²) in [5.74, 6) is -1.18. The van der Waals surface area contributed by atoms with E-state index < -0.39 is 34.3 Å². The number of carbonyl (C=O) groups excluding carboxylic acids is 3. The molecule has 1 aromatic heterocycles. The van der Waals surface area contributed by atoms with Crippen molar-refractivity contribution in [3.8, 4) is 0 Å². The topological polar surface area (TPSA) is 140 Å². The molecule has 0 aliphatic carbocycles. The molecule has 2 amide bonds. The molecule has 3 heterocycles. The number of methoxy groups -OCH3 is 1. The second-order valence-corrected chi connectivity index (χ2v) is 9.47. The number of ether oxygens (including phenoxy) is 2. The molecule has 0 spiro atoms. The minimum Gasteiger partial charge on any atom is -0.482 e. The number of β-lactam (4-membered cyclic amide) rings is 1. The Labute approximate surface area is 202 Å². The maximum absolute atomic E-state index is 13.0. The Bertz CT molecular complexity index is 1120. The zero-order chi connectivity index (χ0) is 24.2. The zero-order valence-electron chi connectivity index (χ0n) is 17.9. The Morgan fingerprint density at radius 3 is 2.71 bits per heavy atom. The van der Waals surface area contributed by atoms with Gasteiger partial charge < -0.3 is 19.7 Å². The van der Waals surface area contributed by atoms with Gasteiger partial charge in [0, 0.05) is 17.0 Å². The fourth-order valence-electron chi connectivity index (χ4n) is 3.59. The first-order chi connectivity index (χ1) is 16.4. The lowest BCUT2D eigenvalue weighted by Crippen LogP contribution is -2.73. The lowest BCUT2D eigenvalue weighted by atomic mass is 10.0. The van der Waals surface area contributed by atoms with Gasteiger partial charge in [0.05, 0.1) is 24.3 Å². The minimum absolute atomic E-state index is 0.0420. The number of rotatable bonds is 7. The molecule has 0 bridgehead atoms. The van der Waals surface area contributed by atoms with Crippen LogP contribution in [0.15, 0.2) is 46.8 Å². The van der Waals surface area contributed by atoms with Gasteiger partial charge in [-0.15, -0.1) is 23.1 Å². The number of nitrogens with one attached hydrogen (secondary N) is 1. The van der Waals surface area contributed by atoms with Gasteiger partial charge in [0.2, 0.25) is 23.8 Å². The molecule has 178 valence electrons. The predicted octanol–water partition coefficient (Wildman–Crippen LogP) is 1.71. The van der Waals surface area contributed by atoms with Crippen LogP contribution >= 0.6 is 23.1 Å². The quantitative estimate of drug-likeness (QED) is 0.260. The number of aliphatic imine (C=N–C) groups is 1. The fourth-order valence-corrected chi connectivity index (χ4v) is 5.41. The molecule has 1 aromatic carbocycles. The third-order valence-corrected chi connectivity index (χ3v) is 7.25. The van der Waals surface area contributed by atoms with Gasteiger partial charge in [-0.1, -0.05) is 6.07 Å². The second kappa shape index (κ2) is 10.2. The summed E-state index contributed by atoms with van der Waals surface area (Å²) >= 11 is 2.76. The van der Waals surface area contributed by atoms with Crippen molar-refractivity contribution in [1.29, 1.82) is 0 Å². The van der Waals surface area contributed by atoms with Crippen molar-refractivity contribution in [2.75, 3.05) is 13.0 Å². The van der Waals surface area contributed by atoms with Crippen molar-refractivity contribution in [2.24, 2.45) is 4.99 Å². The zero-order valence-corrected chi connectivity index (χ0v) is 19.5. The molecule has 1 N–H and O–H groups in total. The van der Waals surface area contributed by atoms with Gasteiger partial charge >= 0.3 is 5.97 Å². The molecule has 0 radical (unpaired) electrons.